The summed E-state index contributed by atoms with van der Waals surface area (Å²) in [7, 11) is 1.58. The van der Waals surface area contributed by atoms with E-state index in [0.717, 1.165) is 12.8 Å². The van der Waals surface area contributed by atoms with Crippen molar-refractivity contribution >= 4 is 23.4 Å². The number of hydrogen-bond donors (Lipinski definition) is 2. The first-order valence-corrected chi connectivity index (χ1v) is 6.69. The summed E-state index contributed by atoms with van der Waals surface area (Å²) < 4.78 is 0. The number of nitrogens with one attached hydrogen (secondary N) is 1. The molecule has 114 valence electrons. The summed E-state index contributed by atoms with van der Waals surface area (Å²) >= 11 is 0. The smallest absolute Gasteiger partial charge is 0.332 e. The van der Waals surface area contributed by atoms with Gasteiger partial charge in [0.05, 0.1) is 10.8 Å². The van der Waals surface area contributed by atoms with E-state index in [2.05, 4.69) is 15.3 Å². The van der Waals surface area contributed by atoms with Crippen molar-refractivity contribution in [3.05, 3.63) is 15.8 Å². The zero-order valence-corrected chi connectivity index (χ0v) is 12.0. The van der Waals surface area contributed by atoms with Gasteiger partial charge in [0.25, 0.3) is 0 Å². The third kappa shape index (κ3) is 3.01. The number of hydrogen-bond acceptors (Lipinski definition) is 7. The highest BCUT2D eigenvalue weighted by atomic mass is 16.6. The maximum Gasteiger partial charge on any atom is 0.332 e. The molecule has 1 atom stereocenters. The Balaban J connectivity index is 2.37. The normalized spacial score (nSPS) is 18.4. The number of carbonyl (C=O) groups excluding carboxylic acids is 1. The molecule has 2 rings (SSSR count). The minimum Gasteiger partial charge on any atom is -0.368 e. The molecular weight excluding hydrogens is 276 g/mol. The Bertz CT molecular complexity index is 576. The third-order valence-electron chi connectivity index (χ3n) is 3.58. The van der Waals surface area contributed by atoms with Gasteiger partial charge in [0.2, 0.25) is 17.7 Å². The van der Waals surface area contributed by atoms with Crippen LogP contribution in [0.15, 0.2) is 0 Å². The molecular formula is C12H18N6O3. The van der Waals surface area contributed by atoms with Crippen molar-refractivity contribution in [2.45, 2.75) is 19.8 Å². The third-order valence-corrected chi connectivity index (χ3v) is 3.58. The number of nitrogens with zero attached hydrogens (tertiary/aromatic N) is 4. The summed E-state index contributed by atoms with van der Waals surface area (Å²) in [6, 6.07) is 0. The molecule has 1 unspecified atom stereocenters. The first-order valence-electron chi connectivity index (χ1n) is 6.69. The molecule has 0 spiro atoms. The number of nitrogens with two attached hydrogens (primary N) is 1. The van der Waals surface area contributed by atoms with Gasteiger partial charge < -0.3 is 16.0 Å². The maximum atomic E-state index is 11.8. The second kappa shape index (κ2) is 5.90. The highest BCUT2D eigenvalue weighted by Gasteiger charge is 2.31. The number of aromatic nitrogens is 2. The fourth-order valence-electron chi connectivity index (χ4n) is 2.59. The predicted octanol–water partition coefficient (Wildman–Crippen LogP) is 0.238. The van der Waals surface area contributed by atoms with Crippen LogP contribution >= 0.6 is 0 Å². The largest absolute Gasteiger partial charge is 0.368 e. The topological polar surface area (TPSA) is 127 Å². The van der Waals surface area contributed by atoms with Crippen molar-refractivity contribution in [2.75, 3.05) is 30.8 Å². The van der Waals surface area contributed by atoms with Gasteiger partial charge in [-0.05, 0) is 19.8 Å². The summed E-state index contributed by atoms with van der Waals surface area (Å²) in [5.41, 5.74) is 5.68. The number of anilines is 2. The van der Waals surface area contributed by atoms with Crippen LogP contribution in [0.5, 0.6) is 0 Å². The lowest BCUT2D eigenvalue weighted by atomic mass is 9.97. The highest BCUT2D eigenvalue weighted by molar-refractivity contribution is 5.79. The second-order valence-corrected chi connectivity index (χ2v) is 5.00. The molecule has 0 radical (unpaired) electrons. The zero-order valence-electron chi connectivity index (χ0n) is 12.0. The van der Waals surface area contributed by atoms with E-state index in [0.29, 0.717) is 13.1 Å². The molecule has 1 fully saturated rings. The Kier molecular flexibility index (Phi) is 4.20. The lowest BCUT2D eigenvalue weighted by Gasteiger charge is -2.32. The van der Waals surface area contributed by atoms with Gasteiger partial charge in [-0.2, -0.15) is 4.98 Å². The van der Waals surface area contributed by atoms with E-state index in [1.54, 1.807) is 11.9 Å². The molecule has 21 heavy (non-hydrogen) atoms. The summed E-state index contributed by atoms with van der Waals surface area (Å²) in [5.74, 6) is -0.0882. The second-order valence-electron chi connectivity index (χ2n) is 5.00. The number of rotatable bonds is 3. The van der Waals surface area contributed by atoms with E-state index in [4.69, 9.17) is 5.73 Å². The van der Waals surface area contributed by atoms with Crippen molar-refractivity contribution in [3.63, 3.8) is 0 Å². The van der Waals surface area contributed by atoms with Gasteiger partial charge in [-0.15, -0.1) is 0 Å². The minimum atomic E-state index is -0.506. The van der Waals surface area contributed by atoms with Crippen molar-refractivity contribution in [2.24, 2.45) is 5.92 Å². The molecule has 1 saturated heterocycles. The highest BCUT2D eigenvalue weighted by Crippen LogP contribution is 2.32. The van der Waals surface area contributed by atoms with Gasteiger partial charge in [-0.3, -0.25) is 14.9 Å². The predicted molar refractivity (Wildman–Crippen MR) is 76.8 cm³/mol. The van der Waals surface area contributed by atoms with Gasteiger partial charge >= 0.3 is 5.69 Å². The van der Waals surface area contributed by atoms with E-state index >= 15 is 0 Å². The van der Waals surface area contributed by atoms with Gasteiger partial charge in [-0.25, -0.2) is 4.98 Å². The van der Waals surface area contributed by atoms with E-state index in [-0.39, 0.29) is 35.0 Å². The van der Waals surface area contributed by atoms with Crippen molar-refractivity contribution < 1.29 is 9.72 Å². The Morgan fingerprint density at radius 1 is 1.52 bits per heavy atom. The summed E-state index contributed by atoms with van der Waals surface area (Å²) in [5, 5.41) is 13.9. The SMILES string of the molecule is CNC(=O)C1CCCN(c2nc(N)nc(C)c2[N+](=O)[O-])C1. The number of nitro groups is 1. The Labute approximate surface area is 121 Å². The van der Waals surface area contributed by atoms with Gasteiger partial charge in [0, 0.05) is 20.1 Å². The average molecular weight is 294 g/mol. The summed E-state index contributed by atoms with van der Waals surface area (Å²) in [6.45, 7) is 2.51. The lowest BCUT2D eigenvalue weighted by Crippen LogP contribution is -2.42. The quantitative estimate of drug-likeness (QED) is 0.603. The standard InChI is InChI=1S/C12H18N6O3/c1-7-9(18(20)21)10(16-12(13)15-7)17-5-3-4-8(6-17)11(19)14-2/h8H,3-6H2,1-2H3,(H,14,19)(H2,13,15,16). The Morgan fingerprint density at radius 2 is 2.24 bits per heavy atom. The molecule has 2 heterocycles. The zero-order chi connectivity index (χ0) is 15.6. The number of aryl methyl sites for hydroxylation is 1. The van der Waals surface area contributed by atoms with Crippen LogP contribution in [-0.4, -0.2) is 40.9 Å². The summed E-state index contributed by atoms with van der Waals surface area (Å²) in [4.78, 5) is 32.1. The first kappa shape index (κ1) is 14.9. The van der Waals surface area contributed by atoms with Gasteiger partial charge in [0.1, 0.15) is 5.69 Å². The fraction of sp³-hybridized carbons (Fsp3) is 0.583. The number of nitrogen functional groups attached to an aromatic ring is 1. The van der Waals surface area contributed by atoms with Crippen LogP contribution in [0.4, 0.5) is 17.5 Å². The molecule has 3 N–H and O–H groups in total. The van der Waals surface area contributed by atoms with Crippen LogP contribution in [0.25, 0.3) is 0 Å². The first-order chi connectivity index (χ1) is 9.93. The maximum absolute atomic E-state index is 11.8. The molecule has 0 bridgehead atoms. The molecule has 9 heteroatoms. The van der Waals surface area contributed by atoms with Crippen LogP contribution in [0.2, 0.25) is 0 Å². The van der Waals surface area contributed by atoms with E-state index in [1.165, 1.54) is 6.92 Å². The average Bonchev–Trinajstić information content (AvgIpc) is 2.45. The van der Waals surface area contributed by atoms with Crippen LogP contribution < -0.4 is 16.0 Å². The number of amides is 1. The van der Waals surface area contributed by atoms with Crippen LogP contribution in [0.1, 0.15) is 18.5 Å². The van der Waals surface area contributed by atoms with E-state index in [9.17, 15) is 14.9 Å². The number of carbonyl (C=O) groups is 1. The van der Waals surface area contributed by atoms with E-state index < -0.39 is 4.92 Å². The molecule has 0 aliphatic carbocycles. The van der Waals surface area contributed by atoms with Crippen molar-refractivity contribution in [1.82, 2.24) is 15.3 Å². The molecule has 0 aromatic carbocycles. The molecule has 1 aromatic heterocycles. The van der Waals surface area contributed by atoms with E-state index in [1.807, 2.05) is 0 Å². The molecule has 1 aliphatic rings. The van der Waals surface area contributed by atoms with Crippen molar-refractivity contribution in [3.8, 4) is 0 Å². The lowest BCUT2D eigenvalue weighted by molar-refractivity contribution is -0.385. The molecule has 1 aliphatic heterocycles. The van der Waals surface area contributed by atoms with Crippen molar-refractivity contribution in [1.29, 1.82) is 0 Å². The van der Waals surface area contributed by atoms with Gasteiger partial charge in [-0.1, -0.05) is 0 Å². The monoisotopic (exact) mass is 294 g/mol. The summed E-state index contributed by atoms with van der Waals surface area (Å²) in [6.07, 6.45) is 1.52. The van der Waals surface area contributed by atoms with Crippen LogP contribution in [-0.2, 0) is 4.79 Å². The fourth-order valence-corrected chi connectivity index (χ4v) is 2.59. The molecule has 9 nitrogen and oxygen atoms in total. The van der Waals surface area contributed by atoms with Gasteiger partial charge in [0.15, 0.2) is 0 Å². The van der Waals surface area contributed by atoms with Crippen LogP contribution in [0, 0.1) is 23.0 Å². The number of piperidine rings is 1. The van der Waals surface area contributed by atoms with Crippen LogP contribution in [0.3, 0.4) is 0 Å². The molecule has 1 aromatic rings. The molecule has 0 saturated carbocycles. The molecule has 1 amide bonds. The Morgan fingerprint density at radius 3 is 2.86 bits per heavy atom. The Hall–Kier alpha value is -2.45. The minimum absolute atomic E-state index is 0.00448.